The van der Waals surface area contributed by atoms with Crippen LogP contribution in [0.4, 0.5) is 5.69 Å². The first-order chi connectivity index (χ1) is 8.31. The zero-order chi connectivity index (χ0) is 12.1. The van der Waals surface area contributed by atoms with Crippen molar-refractivity contribution in [2.45, 2.75) is 6.42 Å². The summed E-state index contributed by atoms with van der Waals surface area (Å²) in [5.74, 6) is 0. The number of hydrogen-bond donors (Lipinski definition) is 1. The van der Waals surface area contributed by atoms with Gasteiger partial charge in [-0.25, -0.2) is 0 Å². The highest BCUT2D eigenvalue weighted by Gasteiger charge is 2.03. The van der Waals surface area contributed by atoms with E-state index in [4.69, 9.17) is 16.3 Å². The lowest BCUT2D eigenvalue weighted by atomic mass is 10.2. The van der Waals surface area contributed by atoms with Crippen molar-refractivity contribution >= 4 is 28.2 Å². The van der Waals surface area contributed by atoms with E-state index in [-0.39, 0.29) is 0 Å². The standard InChI is InChI=1S/C12H14ClN3O/c1-17-6-2-5-14-12-8-15-16-11-4-3-9(13)7-10(11)12/h3-4,7-8H,2,5-6H2,1H3,(H,14,16). The molecular weight excluding hydrogens is 238 g/mol. The molecule has 2 aromatic rings. The van der Waals surface area contributed by atoms with Gasteiger partial charge in [0, 0.05) is 30.7 Å². The van der Waals surface area contributed by atoms with Gasteiger partial charge in [0.05, 0.1) is 17.4 Å². The van der Waals surface area contributed by atoms with E-state index in [9.17, 15) is 0 Å². The molecular formula is C12H14ClN3O. The molecule has 1 N–H and O–H groups in total. The molecule has 90 valence electrons. The van der Waals surface area contributed by atoms with E-state index in [0.29, 0.717) is 5.02 Å². The van der Waals surface area contributed by atoms with Gasteiger partial charge in [0.25, 0.3) is 0 Å². The van der Waals surface area contributed by atoms with Crippen LogP contribution >= 0.6 is 11.6 Å². The quantitative estimate of drug-likeness (QED) is 0.830. The van der Waals surface area contributed by atoms with Crippen molar-refractivity contribution in [2.75, 3.05) is 25.6 Å². The van der Waals surface area contributed by atoms with Crippen LogP contribution in [0.15, 0.2) is 24.4 Å². The molecule has 0 aliphatic heterocycles. The number of nitrogens with one attached hydrogen (secondary N) is 1. The molecule has 0 fully saturated rings. The van der Waals surface area contributed by atoms with Gasteiger partial charge in [-0.05, 0) is 24.6 Å². The number of fused-ring (bicyclic) bond motifs is 1. The Morgan fingerprint density at radius 1 is 1.41 bits per heavy atom. The van der Waals surface area contributed by atoms with Gasteiger partial charge in [0.1, 0.15) is 0 Å². The molecule has 0 amide bonds. The van der Waals surface area contributed by atoms with E-state index in [2.05, 4.69) is 15.5 Å². The minimum absolute atomic E-state index is 0.699. The lowest BCUT2D eigenvalue weighted by Crippen LogP contribution is -2.05. The second-order valence-corrected chi connectivity index (χ2v) is 4.13. The predicted molar refractivity (Wildman–Crippen MR) is 69.5 cm³/mol. The summed E-state index contributed by atoms with van der Waals surface area (Å²) in [5.41, 5.74) is 1.79. The van der Waals surface area contributed by atoms with Crippen molar-refractivity contribution in [3.05, 3.63) is 29.4 Å². The molecule has 5 heteroatoms. The fourth-order valence-electron chi connectivity index (χ4n) is 1.61. The Morgan fingerprint density at radius 3 is 3.12 bits per heavy atom. The second-order valence-electron chi connectivity index (χ2n) is 3.69. The monoisotopic (exact) mass is 251 g/mol. The van der Waals surface area contributed by atoms with Crippen molar-refractivity contribution in [2.24, 2.45) is 0 Å². The van der Waals surface area contributed by atoms with Crippen molar-refractivity contribution in [1.29, 1.82) is 0 Å². The van der Waals surface area contributed by atoms with Crippen molar-refractivity contribution in [3.8, 4) is 0 Å². The Hall–Kier alpha value is -1.39. The SMILES string of the molecule is COCCCNc1cnnc2ccc(Cl)cc12. The molecule has 1 aromatic carbocycles. The van der Waals surface area contributed by atoms with E-state index in [1.165, 1.54) is 0 Å². The van der Waals surface area contributed by atoms with Gasteiger partial charge in [0.2, 0.25) is 0 Å². The number of aromatic nitrogens is 2. The lowest BCUT2D eigenvalue weighted by Gasteiger charge is -2.08. The van der Waals surface area contributed by atoms with Crippen LogP contribution in [-0.2, 0) is 4.74 Å². The Balaban J connectivity index is 2.18. The molecule has 0 unspecified atom stereocenters. The van der Waals surface area contributed by atoms with Crippen LogP contribution in [-0.4, -0.2) is 30.5 Å². The number of methoxy groups -OCH3 is 1. The topological polar surface area (TPSA) is 47.0 Å². The number of halogens is 1. The maximum Gasteiger partial charge on any atom is 0.0951 e. The Morgan fingerprint density at radius 2 is 2.29 bits per heavy atom. The molecule has 0 atom stereocenters. The van der Waals surface area contributed by atoms with Crippen LogP contribution in [0, 0.1) is 0 Å². The maximum atomic E-state index is 5.98. The van der Waals surface area contributed by atoms with Crippen LogP contribution < -0.4 is 5.32 Å². The average molecular weight is 252 g/mol. The first-order valence-electron chi connectivity index (χ1n) is 5.45. The van der Waals surface area contributed by atoms with Crippen LogP contribution in [0.1, 0.15) is 6.42 Å². The molecule has 0 aliphatic carbocycles. The Kier molecular flexibility index (Phi) is 4.12. The van der Waals surface area contributed by atoms with Crippen molar-refractivity contribution in [3.63, 3.8) is 0 Å². The second kappa shape index (κ2) is 5.80. The molecule has 1 aromatic heterocycles. The number of ether oxygens (including phenoxy) is 1. The molecule has 17 heavy (non-hydrogen) atoms. The van der Waals surface area contributed by atoms with Gasteiger partial charge in [-0.1, -0.05) is 11.6 Å². The van der Waals surface area contributed by atoms with Gasteiger partial charge in [0.15, 0.2) is 0 Å². The zero-order valence-electron chi connectivity index (χ0n) is 9.61. The first kappa shape index (κ1) is 12.1. The van der Waals surface area contributed by atoms with E-state index in [1.54, 1.807) is 13.3 Å². The summed E-state index contributed by atoms with van der Waals surface area (Å²) in [6.07, 6.45) is 2.66. The minimum Gasteiger partial charge on any atom is -0.385 e. The Bertz CT molecular complexity index is 504. The van der Waals surface area contributed by atoms with Crippen molar-refractivity contribution < 1.29 is 4.74 Å². The largest absolute Gasteiger partial charge is 0.385 e. The van der Waals surface area contributed by atoms with Gasteiger partial charge in [-0.2, -0.15) is 10.2 Å². The third-order valence-corrected chi connectivity index (χ3v) is 2.68. The molecule has 4 nitrogen and oxygen atoms in total. The van der Waals surface area contributed by atoms with Crippen LogP contribution in [0.25, 0.3) is 10.9 Å². The maximum absolute atomic E-state index is 5.98. The molecule has 0 radical (unpaired) electrons. The summed E-state index contributed by atoms with van der Waals surface area (Å²) in [7, 11) is 1.70. The summed E-state index contributed by atoms with van der Waals surface area (Å²) in [4.78, 5) is 0. The van der Waals surface area contributed by atoms with Gasteiger partial charge >= 0.3 is 0 Å². The van der Waals surface area contributed by atoms with Gasteiger partial charge in [-0.15, -0.1) is 0 Å². The molecule has 0 saturated carbocycles. The molecule has 1 heterocycles. The number of anilines is 1. The summed E-state index contributed by atoms with van der Waals surface area (Å²) >= 11 is 5.98. The normalized spacial score (nSPS) is 10.7. The first-order valence-corrected chi connectivity index (χ1v) is 5.83. The molecule has 0 saturated heterocycles. The van der Waals surface area contributed by atoms with Crippen molar-refractivity contribution in [1.82, 2.24) is 10.2 Å². The van der Waals surface area contributed by atoms with E-state index < -0.39 is 0 Å². The molecule has 2 rings (SSSR count). The van der Waals surface area contributed by atoms with Crippen LogP contribution in [0.2, 0.25) is 5.02 Å². The smallest absolute Gasteiger partial charge is 0.0951 e. The highest BCUT2D eigenvalue weighted by molar-refractivity contribution is 6.31. The summed E-state index contributed by atoms with van der Waals surface area (Å²) < 4.78 is 5.00. The van der Waals surface area contributed by atoms with Gasteiger partial charge in [-0.3, -0.25) is 0 Å². The third-order valence-electron chi connectivity index (χ3n) is 2.44. The predicted octanol–water partition coefficient (Wildman–Crippen LogP) is 2.73. The van der Waals surface area contributed by atoms with E-state index in [0.717, 1.165) is 36.2 Å². The average Bonchev–Trinajstić information content (AvgIpc) is 2.35. The molecule has 0 spiro atoms. The van der Waals surface area contributed by atoms with Gasteiger partial charge < -0.3 is 10.1 Å². The number of benzene rings is 1. The number of nitrogens with zero attached hydrogens (tertiary/aromatic N) is 2. The number of rotatable bonds is 5. The van der Waals surface area contributed by atoms with Crippen LogP contribution in [0.5, 0.6) is 0 Å². The Labute approximate surface area is 105 Å². The van der Waals surface area contributed by atoms with E-state index in [1.807, 2.05) is 18.2 Å². The summed E-state index contributed by atoms with van der Waals surface area (Å²) in [5, 5.41) is 13.0. The van der Waals surface area contributed by atoms with Crippen LogP contribution in [0.3, 0.4) is 0 Å². The highest BCUT2D eigenvalue weighted by Crippen LogP contribution is 2.23. The lowest BCUT2D eigenvalue weighted by molar-refractivity contribution is 0.198. The zero-order valence-corrected chi connectivity index (χ0v) is 10.4. The van der Waals surface area contributed by atoms with E-state index >= 15 is 0 Å². The fourth-order valence-corrected chi connectivity index (χ4v) is 1.78. The summed E-state index contributed by atoms with van der Waals surface area (Å²) in [6.45, 7) is 1.57. The highest BCUT2D eigenvalue weighted by atomic mass is 35.5. The molecule has 0 aliphatic rings. The molecule has 0 bridgehead atoms. The number of hydrogen-bond acceptors (Lipinski definition) is 4. The fraction of sp³-hybridized carbons (Fsp3) is 0.333. The third kappa shape index (κ3) is 3.05. The minimum atomic E-state index is 0.699. The summed E-state index contributed by atoms with van der Waals surface area (Å²) in [6, 6.07) is 5.57.